The third-order valence-corrected chi connectivity index (χ3v) is 4.81. The molecular formula is C16H33N3. The number of hydrogen-bond acceptors (Lipinski definition) is 3. The zero-order valence-corrected chi connectivity index (χ0v) is 13.0. The second kappa shape index (κ2) is 8.23. The van der Waals surface area contributed by atoms with E-state index in [9.17, 15) is 0 Å². The summed E-state index contributed by atoms with van der Waals surface area (Å²) in [6, 6.07) is 0.822. The molecule has 0 radical (unpaired) electrons. The fourth-order valence-electron chi connectivity index (χ4n) is 3.67. The van der Waals surface area contributed by atoms with E-state index in [0.717, 1.165) is 12.0 Å². The van der Waals surface area contributed by atoms with Crippen LogP contribution >= 0.6 is 0 Å². The Morgan fingerprint density at radius 1 is 1.16 bits per heavy atom. The highest BCUT2D eigenvalue weighted by Gasteiger charge is 2.20. The van der Waals surface area contributed by atoms with E-state index in [0.29, 0.717) is 0 Å². The molecule has 2 rings (SSSR count). The van der Waals surface area contributed by atoms with Crippen LogP contribution in [0, 0.1) is 5.92 Å². The normalized spacial score (nSPS) is 26.4. The van der Waals surface area contributed by atoms with E-state index < -0.39 is 0 Å². The lowest BCUT2D eigenvalue weighted by atomic mass is 9.95. The van der Waals surface area contributed by atoms with Crippen LogP contribution in [-0.4, -0.2) is 62.7 Å². The number of likely N-dealkylation sites (tertiary alicyclic amines) is 1. The van der Waals surface area contributed by atoms with E-state index >= 15 is 0 Å². The number of nitrogens with one attached hydrogen (secondary N) is 1. The highest BCUT2D eigenvalue weighted by atomic mass is 15.1. The maximum Gasteiger partial charge on any atom is 0.00670 e. The summed E-state index contributed by atoms with van der Waals surface area (Å²) < 4.78 is 0. The molecule has 1 unspecified atom stereocenters. The molecule has 0 amide bonds. The minimum Gasteiger partial charge on any atom is -0.314 e. The van der Waals surface area contributed by atoms with Crippen LogP contribution < -0.4 is 5.32 Å². The van der Waals surface area contributed by atoms with Gasteiger partial charge in [-0.2, -0.15) is 0 Å². The Kier molecular flexibility index (Phi) is 6.62. The number of rotatable bonds is 7. The topological polar surface area (TPSA) is 18.5 Å². The minimum absolute atomic E-state index is 0.822. The van der Waals surface area contributed by atoms with Crippen molar-refractivity contribution in [3.8, 4) is 0 Å². The van der Waals surface area contributed by atoms with Crippen LogP contribution in [0.15, 0.2) is 0 Å². The van der Waals surface area contributed by atoms with Gasteiger partial charge < -0.3 is 15.1 Å². The third kappa shape index (κ3) is 5.80. The predicted molar refractivity (Wildman–Crippen MR) is 82.6 cm³/mol. The van der Waals surface area contributed by atoms with E-state index in [2.05, 4.69) is 29.2 Å². The lowest BCUT2D eigenvalue weighted by Crippen LogP contribution is -2.34. The second-order valence-electron chi connectivity index (χ2n) is 6.82. The number of hydrogen-bond donors (Lipinski definition) is 1. The summed E-state index contributed by atoms with van der Waals surface area (Å²) >= 11 is 0. The summed E-state index contributed by atoms with van der Waals surface area (Å²) in [6.45, 7) is 6.33. The van der Waals surface area contributed by atoms with Crippen LogP contribution in [0.2, 0.25) is 0 Å². The highest BCUT2D eigenvalue weighted by molar-refractivity contribution is 4.76. The maximum atomic E-state index is 3.74. The van der Waals surface area contributed by atoms with Crippen molar-refractivity contribution in [1.29, 1.82) is 0 Å². The highest BCUT2D eigenvalue weighted by Crippen LogP contribution is 2.17. The van der Waals surface area contributed by atoms with Gasteiger partial charge in [0.25, 0.3) is 0 Å². The first kappa shape index (κ1) is 15.3. The van der Waals surface area contributed by atoms with Gasteiger partial charge in [-0.05, 0) is 65.3 Å². The minimum atomic E-state index is 0.822. The van der Waals surface area contributed by atoms with Crippen molar-refractivity contribution in [2.24, 2.45) is 5.92 Å². The van der Waals surface area contributed by atoms with Crippen molar-refractivity contribution in [2.45, 2.75) is 51.0 Å². The Labute approximate surface area is 119 Å². The van der Waals surface area contributed by atoms with Gasteiger partial charge in [0.2, 0.25) is 0 Å². The van der Waals surface area contributed by atoms with E-state index in [1.165, 1.54) is 77.7 Å². The average molecular weight is 267 g/mol. The molecule has 1 aliphatic heterocycles. The fraction of sp³-hybridized carbons (Fsp3) is 1.00. The molecular weight excluding hydrogens is 234 g/mol. The first-order valence-corrected chi connectivity index (χ1v) is 8.34. The van der Waals surface area contributed by atoms with Crippen molar-refractivity contribution in [3.63, 3.8) is 0 Å². The molecule has 112 valence electrons. The van der Waals surface area contributed by atoms with Crippen LogP contribution in [0.5, 0.6) is 0 Å². The molecule has 19 heavy (non-hydrogen) atoms. The molecule has 1 N–H and O–H groups in total. The Morgan fingerprint density at radius 2 is 1.95 bits per heavy atom. The molecule has 0 aromatic rings. The van der Waals surface area contributed by atoms with Crippen LogP contribution in [0.4, 0.5) is 0 Å². The largest absolute Gasteiger partial charge is 0.314 e. The molecule has 3 nitrogen and oxygen atoms in total. The summed E-state index contributed by atoms with van der Waals surface area (Å²) in [5.74, 6) is 0.904. The van der Waals surface area contributed by atoms with Gasteiger partial charge >= 0.3 is 0 Å². The summed E-state index contributed by atoms with van der Waals surface area (Å²) in [7, 11) is 4.53. The smallest absolute Gasteiger partial charge is 0.00670 e. The molecule has 0 spiro atoms. The molecule has 1 saturated heterocycles. The van der Waals surface area contributed by atoms with Gasteiger partial charge in [0.05, 0.1) is 0 Å². The molecule has 0 bridgehead atoms. The summed E-state index contributed by atoms with van der Waals surface area (Å²) in [4.78, 5) is 5.00. The van der Waals surface area contributed by atoms with Crippen LogP contribution in [0.3, 0.4) is 0 Å². The molecule has 1 heterocycles. The molecule has 2 fully saturated rings. The van der Waals surface area contributed by atoms with E-state index in [4.69, 9.17) is 0 Å². The van der Waals surface area contributed by atoms with Gasteiger partial charge in [-0.15, -0.1) is 0 Å². The summed E-state index contributed by atoms with van der Waals surface area (Å²) in [5.41, 5.74) is 0. The molecule has 1 atom stereocenters. The summed E-state index contributed by atoms with van der Waals surface area (Å²) in [6.07, 6.45) is 9.83. The SMILES string of the molecule is CN(CCCNC1CCCCC1)CC1CCN(C)C1. The Morgan fingerprint density at radius 3 is 2.63 bits per heavy atom. The number of nitrogens with zero attached hydrogens (tertiary/aromatic N) is 2. The van der Waals surface area contributed by atoms with Crippen LogP contribution in [-0.2, 0) is 0 Å². The molecule has 1 saturated carbocycles. The predicted octanol–water partition coefficient (Wildman–Crippen LogP) is 2.18. The monoisotopic (exact) mass is 267 g/mol. The Bertz CT molecular complexity index is 238. The lowest BCUT2D eigenvalue weighted by molar-refractivity contribution is 0.266. The van der Waals surface area contributed by atoms with Crippen LogP contribution in [0.25, 0.3) is 0 Å². The first-order valence-electron chi connectivity index (χ1n) is 8.34. The van der Waals surface area contributed by atoms with Gasteiger partial charge in [-0.25, -0.2) is 0 Å². The molecule has 3 heteroatoms. The van der Waals surface area contributed by atoms with Crippen molar-refractivity contribution in [1.82, 2.24) is 15.1 Å². The average Bonchev–Trinajstić information content (AvgIpc) is 2.81. The first-order chi connectivity index (χ1) is 9.24. The third-order valence-electron chi connectivity index (χ3n) is 4.81. The van der Waals surface area contributed by atoms with Crippen molar-refractivity contribution in [3.05, 3.63) is 0 Å². The lowest BCUT2D eigenvalue weighted by Gasteiger charge is -2.24. The van der Waals surface area contributed by atoms with Crippen molar-refractivity contribution < 1.29 is 0 Å². The van der Waals surface area contributed by atoms with Gasteiger partial charge in [0.15, 0.2) is 0 Å². The van der Waals surface area contributed by atoms with Gasteiger partial charge in [0.1, 0.15) is 0 Å². The van der Waals surface area contributed by atoms with Gasteiger partial charge in [0, 0.05) is 19.1 Å². The Hall–Kier alpha value is -0.120. The zero-order valence-electron chi connectivity index (χ0n) is 13.0. The van der Waals surface area contributed by atoms with E-state index in [1.54, 1.807) is 0 Å². The standard InChI is InChI=1S/C16H33N3/c1-18(13-15-9-12-19(2)14-15)11-6-10-17-16-7-4-3-5-8-16/h15-17H,3-14H2,1-2H3. The van der Waals surface area contributed by atoms with Gasteiger partial charge in [-0.1, -0.05) is 19.3 Å². The summed E-state index contributed by atoms with van der Waals surface area (Å²) in [5, 5.41) is 3.74. The van der Waals surface area contributed by atoms with E-state index in [1.807, 2.05) is 0 Å². The molecule has 0 aromatic carbocycles. The maximum absolute atomic E-state index is 3.74. The van der Waals surface area contributed by atoms with E-state index in [-0.39, 0.29) is 0 Å². The molecule has 0 aromatic heterocycles. The quantitative estimate of drug-likeness (QED) is 0.713. The zero-order chi connectivity index (χ0) is 13.5. The van der Waals surface area contributed by atoms with Crippen LogP contribution in [0.1, 0.15) is 44.9 Å². The van der Waals surface area contributed by atoms with Crippen molar-refractivity contribution in [2.75, 3.05) is 46.8 Å². The van der Waals surface area contributed by atoms with Crippen molar-refractivity contribution >= 4 is 0 Å². The molecule has 2 aliphatic rings. The second-order valence-corrected chi connectivity index (χ2v) is 6.82. The van der Waals surface area contributed by atoms with Gasteiger partial charge in [-0.3, -0.25) is 0 Å². The fourth-order valence-corrected chi connectivity index (χ4v) is 3.67. The molecule has 1 aliphatic carbocycles. The Balaban J connectivity index is 1.48.